The van der Waals surface area contributed by atoms with Crippen LogP contribution >= 0.6 is 34.7 Å². The van der Waals surface area contributed by atoms with Crippen molar-refractivity contribution in [2.45, 2.75) is 12.2 Å². The van der Waals surface area contributed by atoms with Gasteiger partial charge in [-0.25, -0.2) is 4.98 Å². The quantitative estimate of drug-likeness (QED) is 0.583. The highest BCUT2D eigenvalue weighted by Gasteiger charge is 2.08. The van der Waals surface area contributed by atoms with Crippen molar-refractivity contribution in [3.8, 4) is 6.07 Å². The molecule has 2 aromatic carbocycles. The van der Waals surface area contributed by atoms with Gasteiger partial charge in [0.15, 0.2) is 5.13 Å². The van der Waals surface area contributed by atoms with Gasteiger partial charge in [-0.1, -0.05) is 35.9 Å². The third kappa shape index (κ3) is 6.10. The smallest absolute Gasteiger partial charge is 0.236 e. The van der Waals surface area contributed by atoms with E-state index in [9.17, 15) is 4.79 Å². The maximum atomic E-state index is 12.1. The molecule has 0 radical (unpaired) electrons. The Morgan fingerprint density at radius 1 is 1.22 bits per heavy atom. The van der Waals surface area contributed by atoms with E-state index in [1.54, 1.807) is 18.3 Å². The molecule has 3 rings (SSSR count). The third-order valence-electron chi connectivity index (χ3n) is 3.65. The monoisotopic (exact) mass is 413 g/mol. The van der Waals surface area contributed by atoms with Crippen molar-refractivity contribution >= 4 is 45.7 Å². The SMILES string of the molecule is N#Cc1ccc(CSCC(=O)Nc2ncc(Cc3cccc(Cl)c3)s2)cc1. The number of carbonyl (C=O) groups is 1. The predicted molar refractivity (Wildman–Crippen MR) is 112 cm³/mol. The Morgan fingerprint density at radius 3 is 2.78 bits per heavy atom. The summed E-state index contributed by atoms with van der Waals surface area (Å²) < 4.78 is 0. The molecule has 1 heterocycles. The molecule has 1 amide bonds. The number of thiazole rings is 1. The average Bonchev–Trinajstić information content (AvgIpc) is 3.09. The number of hydrogen-bond donors (Lipinski definition) is 1. The molecule has 0 aliphatic carbocycles. The molecule has 0 spiro atoms. The van der Waals surface area contributed by atoms with Gasteiger partial charge in [0, 0.05) is 28.3 Å². The van der Waals surface area contributed by atoms with E-state index < -0.39 is 0 Å². The van der Waals surface area contributed by atoms with Crippen molar-refractivity contribution in [1.82, 2.24) is 4.98 Å². The fourth-order valence-electron chi connectivity index (χ4n) is 2.39. The van der Waals surface area contributed by atoms with Crippen molar-refractivity contribution in [3.63, 3.8) is 0 Å². The first-order chi connectivity index (χ1) is 13.1. The zero-order valence-electron chi connectivity index (χ0n) is 14.3. The van der Waals surface area contributed by atoms with Crippen LogP contribution in [0.3, 0.4) is 0 Å². The molecule has 0 fully saturated rings. The maximum absolute atomic E-state index is 12.1. The highest BCUT2D eigenvalue weighted by Crippen LogP contribution is 2.23. The molecule has 136 valence electrons. The lowest BCUT2D eigenvalue weighted by molar-refractivity contribution is -0.113. The van der Waals surface area contributed by atoms with Crippen LogP contribution in [0.15, 0.2) is 54.7 Å². The summed E-state index contributed by atoms with van der Waals surface area (Å²) in [5, 5.41) is 13.0. The van der Waals surface area contributed by atoms with Crippen LogP contribution in [0.25, 0.3) is 0 Å². The topological polar surface area (TPSA) is 65.8 Å². The van der Waals surface area contributed by atoms with Gasteiger partial charge in [0.1, 0.15) is 0 Å². The first-order valence-corrected chi connectivity index (χ1v) is 10.5. The molecule has 0 bridgehead atoms. The number of thioether (sulfide) groups is 1. The number of nitrogens with zero attached hydrogens (tertiary/aromatic N) is 2. The van der Waals surface area contributed by atoms with Crippen molar-refractivity contribution in [3.05, 3.63) is 81.3 Å². The number of benzene rings is 2. The first-order valence-electron chi connectivity index (χ1n) is 8.18. The fraction of sp³-hybridized carbons (Fsp3) is 0.150. The summed E-state index contributed by atoms with van der Waals surface area (Å²) in [7, 11) is 0. The van der Waals surface area contributed by atoms with Crippen LogP contribution in [0.1, 0.15) is 21.6 Å². The second-order valence-electron chi connectivity index (χ2n) is 5.79. The Balaban J connectivity index is 1.45. The fourth-order valence-corrected chi connectivity index (χ4v) is 4.25. The van der Waals surface area contributed by atoms with Gasteiger partial charge in [0.2, 0.25) is 5.91 Å². The molecule has 0 atom stereocenters. The van der Waals surface area contributed by atoms with E-state index in [2.05, 4.69) is 16.4 Å². The molecule has 27 heavy (non-hydrogen) atoms. The molecule has 0 unspecified atom stereocenters. The summed E-state index contributed by atoms with van der Waals surface area (Å²) in [4.78, 5) is 17.4. The van der Waals surface area contributed by atoms with Crippen LogP contribution in [0.4, 0.5) is 5.13 Å². The number of carbonyl (C=O) groups excluding carboxylic acids is 1. The molecule has 4 nitrogen and oxygen atoms in total. The minimum absolute atomic E-state index is 0.0719. The summed E-state index contributed by atoms with van der Waals surface area (Å²) in [5.41, 5.74) is 2.84. The highest BCUT2D eigenvalue weighted by molar-refractivity contribution is 7.99. The van der Waals surface area contributed by atoms with Gasteiger partial charge in [0.05, 0.1) is 17.4 Å². The van der Waals surface area contributed by atoms with E-state index in [-0.39, 0.29) is 5.91 Å². The lowest BCUT2D eigenvalue weighted by atomic mass is 10.1. The van der Waals surface area contributed by atoms with E-state index in [4.69, 9.17) is 16.9 Å². The second-order valence-corrected chi connectivity index (χ2v) is 8.33. The Bertz CT molecular complexity index is 964. The summed E-state index contributed by atoms with van der Waals surface area (Å²) in [6, 6.07) is 17.2. The van der Waals surface area contributed by atoms with Gasteiger partial charge in [-0.2, -0.15) is 5.26 Å². The Labute approximate surface area is 171 Å². The number of rotatable bonds is 7. The molecular formula is C20H16ClN3OS2. The summed E-state index contributed by atoms with van der Waals surface area (Å²) in [6.07, 6.45) is 2.52. The Kier molecular flexibility index (Phi) is 6.88. The van der Waals surface area contributed by atoms with Crippen LogP contribution in [0.2, 0.25) is 5.02 Å². The van der Waals surface area contributed by atoms with Gasteiger partial charge >= 0.3 is 0 Å². The van der Waals surface area contributed by atoms with Crippen LogP contribution in [0, 0.1) is 11.3 Å². The number of hydrogen-bond acceptors (Lipinski definition) is 5. The molecule has 0 aliphatic rings. The van der Waals surface area contributed by atoms with Crippen molar-refractivity contribution in [1.29, 1.82) is 5.26 Å². The van der Waals surface area contributed by atoms with Gasteiger partial charge in [0.25, 0.3) is 0 Å². The van der Waals surface area contributed by atoms with Crippen molar-refractivity contribution in [2.75, 3.05) is 11.1 Å². The van der Waals surface area contributed by atoms with Crippen LogP contribution < -0.4 is 5.32 Å². The number of halogens is 1. The highest BCUT2D eigenvalue weighted by atomic mass is 35.5. The molecular weight excluding hydrogens is 398 g/mol. The van der Waals surface area contributed by atoms with E-state index >= 15 is 0 Å². The molecule has 0 saturated carbocycles. The van der Waals surface area contributed by atoms with Gasteiger partial charge in [-0.15, -0.1) is 23.1 Å². The third-order valence-corrected chi connectivity index (χ3v) is 5.80. The van der Waals surface area contributed by atoms with E-state index in [0.717, 1.165) is 28.2 Å². The number of anilines is 1. The first kappa shape index (κ1) is 19.4. The zero-order valence-corrected chi connectivity index (χ0v) is 16.7. The van der Waals surface area contributed by atoms with Crippen molar-refractivity contribution in [2.24, 2.45) is 0 Å². The van der Waals surface area contributed by atoms with Crippen LogP contribution in [-0.4, -0.2) is 16.6 Å². The van der Waals surface area contributed by atoms with Crippen molar-refractivity contribution < 1.29 is 4.79 Å². The Morgan fingerprint density at radius 2 is 2.04 bits per heavy atom. The van der Waals surface area contributed by atoms with E-state index in [1.165, 1.54) is 23.1 Å². The lowest BCUT2D eigenvalue weighted by Crippen LogP contribution is -2.13. The standard InChI is InChI=1S/C20H16ClN3OS2/c21-17-3-1-2-16(8-17)9-18-11-23-20(27-18)24-19(25)13-26-12-15-6-4-14(10-22)5-7-15/h1-8,11H,9,12-13H2,(H,23,24,25). The number of nitrogens with one attached hydrogen (secondary N) is 1. The lowest BCUT2D eigenvalue weighted by Gasteiger charge is -2.03. The average molecular weight is 414 g/mol. The van der Waals surface area contributed by atoms with E-state index in [0.29, 0.717) is 21.5 Å². The summed E-state index contributed by atoms with van der Waals surface area (Å²) in [6.45, 7) is 0. The number of aromatic nitrogens is 1. The summed E-state index contributed by atoms with van der Waals surface area (Å²) in [5.74, 6) is 0.998. The maximum Gasteiger partial charge on any atom is 0.236 e. The molecule has 0 aliphatic heterocycles. The predicted octanol–water partition coefficient (Wildman–Crippen LogP) is 5.13. The van der Waals surface area contributed by atoms with Gasteiger partial charge < -0.3 is 5.32 Å². The van der Waals surface area contributed by atoms with Gasteiger partial charge in [-0.05, 0) is 35.4 Å². The molecule has 1 N–H and O–H groups in total. The van der Waals surface area contributed by atoms with Crippen LogP contribution in [-0.2, 0) is 17.0 Å². The van der Waals surface area contributed by atoms with Gasteiger partial charge in [-0.3, -0.25) is 4.79 Å². The number of nitriles is 1. The molecule has 1 aromatic heterocycles. The largest absolute Gasteiger partial charge is 0.301 e. The molecule has 3 aromatic rings. The number of amides is 1. The van der Waals surface area contributed by atoms with Crippen LogP contribution in [0.5, 0.6) is 0 Å². The second kappa shape index (κ2) is 9.56. The van der Waals surface area contributed by atoms with E-state index in [1.807, 2.05) is 36.4 Å². The molecule has 7 heteroatoms. The minimum Gasteiger partial charge on any atom is -0.301 e. The zero-order chi connectivity index (χ0) is 19.1. The molecule has 0 saturated heterocycles. The normalized spacial score (nSPS) is 10.4. The Hall–Kier alpha value is -2.33. The summed E-state index contributed by atoms with van der Waals surface area (Å²) >= 11 is 9.00. The minimum atomic E-state index is -0.0719.